The van der Waals surface area contributed by atoms with Gasteiger partial charge in [-0.25, -0.2) is 0 Å². The van der Waals surface area contributed by atoms with E-state index in [1.165, 1.54) is 5.56 Å². The van der Waals surface area contributed by atoms with E-state index in [4.69, 9.17) is 0 Å². The topological polar surface area (TPSA) is 58.5 Å². The third kappa shape index (κ3) is 2.07. The first-order chi connectivity index (χ1) is 9.15. The number of fused-ring (bicyclic) bond motifs is 1. The molecule has 0 saturated carbocycles. The molecule has 0 radical (unpaired) electrons. The summed E-state index contributed by atoms with van der Waals surface area (Å²) in [4.78, 5) is 0. The fraction of sp³-hybridized carbons (Fsp3) is 0.286. The van der Waals surface area contributed by atoms with Crippen molar-refractivity contribution in [1.29, 1.82) is 0 Å². The largest absolute Gasteiger partial charge is 0.377 e. The molecule has 0 saturated heterocycles. The van der Waals surface area contributed by atoms with Crippen molar-refractivity contribution in [3.63, 3.8) is 0 Å². The number of hydrogen-bond donors (Lipinski definition) is 2. The van der Waals surface area contributed by atoms with E-state index in [1.54, 1.807) is 0 Å². The van der Waals surface area contributed by atoms with Crippen molar-refractivity contribution in [2.45, 2.75) is 19.9 Å². The average molecular weight is 255 g/mol. The van der Waals surface area contributed by atoms with Gasteiger partial charge < -0.3 is 5.32 Å². The molecule has 0 bridgehead atoms. The second-order valence-electron chi connectivity index (χ2n) is 4.85. The van der Waals surface area contributed by atoms with Crippen LogP contribution in [0.25, 0.3) is 10.9 Å². The van der Waals surface area contributed by atoms with E-state index in [-0.39, 0.29) is 6.04 Å². The number of aromatic amines is 1. The number of nitrogens with zero attached hydrogens (tertiary/aromatic N) is 3. The molecule has 1 atom stereocenters. The second-order valence-corrected chi connectivity index (χ2v) is 4.85. The highest BCUT2D eigenvalue weighted by molar-refractivity contribution is 5.90. The highest BCUT2D eigenvalue weighted by atomic mass is 15.3. The lowest BCUT2D eigenvalue weighted by atomic mass is 10.1. The van der Waals surface area contributed by atoms with Crippen molar-refractivity contribution in [2.75, 3.05) is 5.32 Å². The molecule has 0 aliphatic carbocycles. The van der Waals surface area contributed by atoms with Crippen LogP contribution in [-0.4, -0.2) is 20.0 Å². The molecule has 0 amide bonds. The van der Waals surface area contributed by atoms with Gasteiger partial charge in [-0.05, 0) is 19.9 Å². The normalized spacial score (nSPS) is 12.8. The monoisotopic (exact) mass is 255 g/mol. The van der Waals surface area contributed by atoms with E-state index in [1.807, 2.05) is 37.0 Å². The zero-order valence-electron chi connectivity index (χ0n) is 11.3. The molecule has 19 heavy (non-hydrogen) atoms. The number of hydrogen-bond acceptors (Lipinski definition) is 3. The molecule has 3 rings (SSSR count). The molecule has 0 aliphatic heterocycles. The first kappa shape index (κ1) is 11.8. The zero-order valence-corrected chi connectivity index (χ0v) is 11.3. The van der Waals surface area contributed by atoms with Crippen molar-refractivity contribution in [2.24, 2.45) is 7.05 Å². The Balaban J connectivity index is 1.92. The highest BCUT2D eigenvalue weighted by Crippen LogP contribution is 2.26. The molecule has 1 aromatic carbocycles. The number of rotatable bonds is 3. The van der Waals surface area contributed by atoms with Gasteiger partial charge in [-0.15, -0.1) is 0 Å². The Morgan fingerprint density at radius 1 is 1.37 bits per heavy atom. The summed E-state index contributed by atoms with van der Waals surface area (Å²) >= 11 is 0. The predicted octanol–water partition coefficient (Wildman–Crippen LogP) is 2.78. The van der Waals surface area contributed by atoms with Gasteiger partial charge in [0.15, 0.2) is 0 Å². The van der Waals surface area contributed by atoms with Crippen molar-refractivity contribution in [3.8, 4) is 0 Å². The Labute approximate surface area is 111 Å². The Kier molecular flexibility index (Phi) is 2.74. The Morgan fingerprint density at radius 3 is 2.95 bits per heavy atom. The maximum atomic E-state index is 4.38. The van der Waals surface area contributed by atoms with Crippen LogP contribution in [-0.2, 0) is 7.05 Å². The minimum absolute atomic E-state index is 0.197. The molecule has 2 N–H and O–H groups in total. The first-order valence-electron chi connectivity index (χ1n) is 6.34. The van der Waals surface area contributed by atoms with E-state index in [0.29, 0.717) is 0 Å². The van der Waals surface area contributed by atoms with Crippen LogP contribution >= 0.6 is 0 Å². The highest BCUT2D eigenvalue weighted by Gasteiger charge is 2.13. The number of aromatic nitrogens is 4. The summed E-state index contributed by atoms with van der Waals surface area (Å²) in [7, 11) is 1.94. The SMILES string of the molecule is Cc1nn(C)cc1C(C)Nc1cccc2cn[nH]c12. The fourth-order valence-corrected chi connectivity index (χ4v) is 2.44. The number of aryl methyl sites for hydroxylation is 2. The summed E-state index contributed by atoms with van der Waals surface area (Å²) in [5, 5.41) is 16.1. The van der Waals surface area contributed by atoms with Gasteiger partial charge in [-0.3, -0.25) is 9.78 Å². The van der Waals surface area contributed by atoms with Gasteiger partial charge in [-0.1, -0.05) is 12.1 Å². The molecule has 0 aliphatic rings. The average Bonchev–Trinajstić information content (AvgIpc) is 2.96. The minimum atomic E-state index is 0.197. The molecule has 0 fully saturated rings. The van der Waals surface area contributed by atoms with E-state index < -0.39 is 0 Å². The third-order valence-electron chi connectivity index (χ3n) is 3.37. The third-order valence-corrected chi connectivity index (χ3v) is 3.37. The van der Waals surface area contributed by atoms with Gasteiger partial charge in [0.2, 0.25) is 0 Å². The van der Waals surface area contributed by atoms with E-state index in [2.05, 4.69) is 39.8 Å². The van der Waals surface area contributed by atoms with Crippen molar-refractivity contribution in [1.82, 2.24) is 20.0 Å². The number of para-hydroxylation sites is 1. The smallest absolute Gasteiger partial charge is 0.0881 e. The van der Waals surface area contributed by atoms with Crippen LogP contribution in [0.1, 0.15) is 24.2 Å². The van der Waals surface area contributed by atoms with Crippen LogP contribution in [0.15, 0.2) is 30.6 Å². The predicted molar refractivity (Wildman–Crippen MR) is 76.1 cm³/mol. The van der Waals surface area contributed by atoms with Crippen molar-refractivity contribution < 1.29 is 0 Å². The van der Waals surface area contributed by atoms with Crippen LogP contribution in [0.3, 0.4) is 0 Å². The van der Waals surface area contributed by atoms with E-state index >= 15 is 0 Å². The summed E-state index contributed by atoms with van der Waals surface area (Å²) in [6, 6.07) is 6.33. The van der Waals surface area contributed by atoms with Crippen molar-refractivity contribution >= 4 is 16.6 Å². The van der Waals surface area contributed by atoms with Gasteiger partial charge in [0.1, 0.15) is 0 Å². The number of benzene rings is 1. The molecule has 2 heterocycles. The number of H-pyrrole nitrogens is 1. The van der Waals surface area contributed by atoms with Gasteiger partial charge in [0.05, 0.1) is 29.1 Å². The van der Waals surface area contributed by atoms with Gasteiger partial charge in [0.25, 0.3) is 0 Å². The summed E-state index contributed by atoms with van der Waals surface area (Å²) < 4.78 is 1.85. The zero-order chi connectivity index (χ0) is 13.4. The molecule has 5 nitrogen and oxygen atoms in total. The molecule has 5 heteroatoms. The van der Waals surface area contributed by atoms with E-state index in [0.717, 1.165) is 22.3 Å². The first-order valence-corrected chi connectivity index (χ1v) is 6.34. The van der Waals surface area contributed by atoms with E-state index in [9.17, 15) is 0 Å². The van der Waals surface area contributed by atoms with Crippen LogP contribution in [0.2, 0.25) is 0 Å². The molecule has 1 unspecified atom stereocenters. The van der Waals surface area contributed by atoms with Crippen LogP contribution in [0.4, 0.5) is 5.69 Å². The van der Waals surface area contributed by atoms with Gasteiger partial charge in [-0.2, -0.15) is 10.2 Å². The fourth-order valence-electron chi connectivity index (χ4n) is 2.44. The number of anilines is 1. The maximum Gasteiger partial charge on any atom is 0.0881 e. The second kappa shape index (κ2) is 4.42. The van der Waals surface area contributed by atoms with Gasteiger partial charge >= 0.3 is 0 Å². The van der Waals surface area contributed by atoms with Crippen LogP contribution in [0.5, 0.6) is 0 Å². The van der Waals surface area contributed by atoms with Crippen LogP contribution in [0, 0.1) is 6.92 Å². The molecular weight excluding hydrogens is 238 g/mol. The summed E-state index contributed by atoms with van der Waals surface area (Å²) in [6.07, 6.45) is 3.89. The molecular formula is C14H17N5. The number of nitrogens with one attached hydrogen (secondary N) is 2. The molecule has 0 spiro atoms. The minimum Gasteiger partial charge on any atom is -0.377 e. The molecule has 98 valence electrons. The Hall–Kier alpha value is -2.30. The standard InChI is InChI=1S/C14H17N5/c1-9(12-8-19(3)18-10(12)2)16-13-6-4-5-11-7-15-17-14(11)13/h4-9,16H,1-3H3,(H,15,17). The lowest BCUT2D eigenvalue weighted by Crippen LogP contribution is -2.07. The Bertz CT molecular complexity index is 710. The lowest BCUT2D eigenvalue weighted by Gasteiger charge is -2.15. The maximum absolute atomic E-state index is 4.38. The lowest BCUT2D eigenvalue weighted by molar-refractivity contribution is 0.756. The Morgan fingerprint density at radius 2 is 2.21 bits per heavy atom. The summed E-state index contributed by atoms with van der Waals surface area (Å²) in [6.45, 7) is 4.17. The molecule has 2 aromatic heterocycles. The van der Waals surface area contributed by atoms with Crippen LogP contribution < -0.4 is 5.32 Å². The summed E-state index contributed by atoms with van der Waals surface area (Å²) in [5.74, 6) is 0. The van der Waals surface area contributed by atoms with Crippen molar-refractivity contribution in [3.05, 3.63) is 41.9 Å². The quantitative estimate of drug-likeness (QED) is 0.756. The molecule has 3 aromatic rings. The summed E-state index contributed by atoms with van der Waals surface area (Å²) in [5.41, 5.74) is 4.36. The van der Waals surface area contributed by atoms with Gasteiger partial charge in [0, 0.05) is 24.2 Å².